The van der Waals surface area contributed by atoms with E-state index in [9.17, 15) is 5.11 Å². The quantitative estimate of drug-likeness (QED) is 0.858. The van der Waals surface area contributed by atoms with Crippen LogP contribution >= 0.6 is 0 Å². The van der Waals surface area contributed by atoms with E-state index in [4.69, 9.17) is 4.74 Å². The number of aliphatic hydroxyl groups is 1. The molecular formula is C16H27N3O2. The van der Waals surface area contributed by atoms with Crippen LogP contribution in [-0.4, -0.2) is 61.5 Å². The van der Waals surface area contributed by atoms with Gasteiger partial charge in [0.2, 0.25) is 0 Å². The van der Waals surface area contributed by atoms with Gasteiger partial charge in [-0.3, -0.25) is 4.90 Å². The number of likely N-dealkylation sites (N-methyl/N-ethyl adjacent to an activating group) is 1. The summed E-state index contributed by atoms with van der Waals surface area (Å²) in [7, 11) is 3.73. The second-order valence-corrected chi connectivity index (χ2v) is 6.01. The van der Waals surface area contributed by atoms with Crippen LogP contribution in [0.5, 0.6) is 0 Å². The Balaban J connectivity index is 1.87. The molecule has 1 fully saturated rings. The number of aromatic nitrogens is 1. The lowest BCUT2D eigenvalue weighted by molar-refractivity contribution is 0.0320. The molecule has 1 aromatic heterocycles. The number of aliphatic hydroxyl groups excluding tert-OH is 1. The molecule has 0 aliphatic carbocycles. The van der Waals surface area contributed by atoms with Crippen molar-refractivity contribution in [3.63, 3.8) is 0 Å². The van der Waals surface area contributed by atoms with Gasteiger partial charge in [0.1, 0.15) is 5.82 Å². The van der Waals surface area contributed by atoms with E-state index in [1.165, 1.54) is 5.56 Å². The van der Waals surface area contributed by atoms with Crippen LogP contribution in [0.1, 0.15) is 18.9 Å². The van der Waals surface area contributed by atoms with Gasteiger partial charge in [0.25, 0.3) is 0 Å². The van der Waals surface area contributed by atoms with Gasteiger partial charge in [0, 0.05) is 46.5 Å². The molecule has 2 heterocycles. The van der Waals surface area contributed by atoms with Crippen molar-refractivity contribution >= 4 is 5.82 Å². The summed E-state index contributed by atoms with van der Waals surface area (Å²) in [5.41, 5.74) is 1.22. The second kappa shape index (κ2) is 7.73. The molecule has 0 saturated carbocycles. The van der Waals surface area contributed by atoms with E-state index >= 15 is 0 Å². The molecule has 1 aliphatic heterocycles. The molecule has 0 radical (unpaired) electrons. The highest BCUT2D eigenvalue weighted by atomic mass is 16.5. The van der Waals surface area contributed by atoms with Crippen molar-refractivity contribution < 1.29 is 9.84 Å². The summed E-state index contributed by atoms with van der Waals surface area (Å²) in [6.07, 6.45) is 2.68. The van der Waals surface area contributed by atoms with Crippen molar-refractivity contribution in [1.29, 1.82) is 0 Å². The number of nitrogens with zero attached hydrogens (tertiary/aromatic N) is 3. The summed E-state index contributed by atoms with van der Waals surface area (Å²) in [5.74, 6) is 1.32. The standard InChI is InChI=1S/C16H27N3O2/c1-13-11-19(7-6-15(13)20)12-14-4-5-16(17-10-14)18(2)8-9-21-3/h4-5,10,13,15,20H,6-9,11-12H2,1-3H3. The molecule has 5 heteroatoms. The third kappa shape index (κ3) is 4.66. The molecule has 0 aromatic carbocycles. The van der Waals surface area contributed by atoms with Gasteiger partial charge in [-0.2, -0.15) is 0 Å². The molecule has 1 saturated heterocycles. The third-order valence-electron chi connectivity index (χ3n) is 4.18. The molecule has 2 unspecified atom stereocenters. The number of ether oxygens (including phenoxy) is 1. The van der Waals surface area contributed by atoms with E-state index in [0.717, 1.165) is 38.4 Å². The maximum absolute atomic E-state index is 9.78. The number of rotatable bonds is 6. The molecule has 0 bridgehead atoms. The summed E-state index contributed by atoms with van der Waals surface area (Å²) in [6.45, 7) is 6.48. The van der Waals surface area contributed by atoms with Crippen LogP contribution in [0.2, 0.25) is 0 Å². The van der Waals surface area contributed by atoms with Crippen LogP contribution < -0.4 is 4.90 Å². The van der Waals surface area contributed by atoms with Crippen molar-refractivity contribution in [3.8, 4) is 0 Å². The first-order chi connectivity index (χ1) is 10.1. The predicted octanol–water partition coefficient (Wildman–Crippen LogP) is 1.37. The van der Waals surface area contributed by atoms with Gasteiger partial charge in [-0.05, 0) is 24.0 Å². The van der Waals surface area contributed by atoms with E-state index in [-0.39, 0.29) is 6.10 Å². The van der Waals surface area contributed by atoms with E-state index in [1.807, 2.05) is 13.2 Å². The lowest BCUT2D eigenvalue weighted by Crippen LogP contribution is -2.41. The number of hydrogen-bond donors (Lipinski definition) is 1. The fraction of sp³-hybridized carbons (Fsp3) is 0.688. The molecule has 118 valence electrons. The first-order valence-electron chi connectivity index (χ1n) is 7.65. The number of likely N-dealkylation sites (tertiary alicyclic amines) is 1. The highest BCUT2D eigenvalue weighted by molar-refractivity contribution is 5.38. The highest BCUT2D eigenvalue weighted by Crippen LogP contribution is 2.19. The van der Waals surface area contributed by atoms with Crippen LogP contribution in [0, 0.1) is 5.92 Å². The lowest BCUT2D eigenvalue weighted by Gasteiger charge is -2.34. The third-order valence-corrected chi connectivity index (χ3v) is 4.18. The van der Waals surface area contributed by atoms with Gasteiger partial charge in [0.15, 0.2) is 0 Å². The minimum absolute atomic E-state index is 0.142. The fourth-order valence-corrected chi connectivity index (χ4v) is 2.70. The summed E-state index contributed by atoms with van der Waals surface area (Å²) in [4.78, 5) is 9.01. The molecule has 21 heavy (non-hydrogen) atoms. The Hall–Kier alpha value is -1.17. The van der Waals surface area contributed by atoms with E-state index < -0.39 is 0 Å². The van der Waals surface area contributed by atoms with Crippen molar-refractivity contribution in [1.82, 2.24) is 9.88 Å². The maximum atomic E-state index is 9.78. The molecule has 1 N–H and O–H groups in total. The average Bonchev–Trinajstić information content (AvgIpc) is 2.49. The van der Waals surface area contributed by atoms with Gasteiger partial charge >= 0.3 is 0 Å². The van der Waals surface area contributed by atoms with Crippen molar-refractivity contribution in [2.45, 2.75) is 26.0 Å². The van der Waals surface area contributed by atoms with Gasteiger partial charge in [-0.1, -0.05) is 13.0 Å². The van der Waals surface area contributed by atoms with Gasteiger partial charge in [0.05, 0.1) is 12.7 Å². The van der Waals surface area contributed by atoms with Crippen molar-refractivity contribution in [2.24, 2.45) is 5.92 Å². The molecule has 0 amide bonds. The van der Waals surface area contributed by atoms with Crippen LogP contribution in [0.25, 0.3) is 0 Å². The topological polar surface area (TPSA) is 48.8 Å². The number of methoxy groups -OCH3 is 1. The van der Waals surface area contributed by atoms with Gasteiger partial charge in [-0.15, -0.1) is 0 Å². The molecular weight excluding hydrogens is 266 g/mol. The molecule has 2 atom stereocenters. The Morgan fingerprint density at radius 1 is 1.48 bits per heavy atom. The van der Waals surface area contributed by atoms with Crippen molar-refractivity contribution in [3.05, 3.63) is 23.9 Å². The summed E-state index contributed by atoms with van der Waals surface area (Å²) < 4.78 is 5.08. The Bertz CT molecular complexity index is 424. The Labute approximate surface area is 127 Å². The minimum atomic E-state index is -0.142. The van der Waals surface area contributed by atoms with E-state index in [2.05, 4.69) is 33.8 Å². The van der Waals surface area contributed by atoms with Gasteiger partial charge < -0.3 is 14.7 Å². The largest absolute Gasteiger partial charge is 0.393 e. The lowest BCUT2D eigenvalue weighted by atomic mass is 9.96. The van der Waals surface area contributed by atoms with E-state index in [1.54, 1.807) is 7.11 Å². The summed E-state index contributed by atoms with van der Waals surface area (Å²) in [5, 5.41) is 9.78. The predicted molar refractivity (Wildman–Crippen MR) is 84.4 cm³/mol. The molecule has 0 spiro atoms. The molecule has 5 nitrogen and oxygen atoms in total. The summed E-state index contributed by atoms with van der Waals surface area (Å²) in [6, 6.07) is 4.20. The monoisotopic (exact) mass is 293 g/mol. The average molecular weight is 293 g/mol. The SMILES string of the molecule is COCCN(C)c1ccc(CN2CCC(O)C(C)C2)cn1. The van der Waals surface area contributed by atoms with Crippen LogP contribution in [-0.2, 0) is 11.3 Å². The first kappa shape index (κ1) is 16.2. The smallest absolute Gasteiger partial charge is 0.128 e. The zero-order valence-electron chi connectivity index (χ0n) is 13.3. The number of piperidine rings is 1. The maximum Gasteiger partial charge on any atom is 0.128 e. The Kier molecular flexibility index (Phi) is 5.96. The number of hydrogen-bond acceptors (Lipinski definition) is 5. The number of pyridine rings is 1. The normalized spacial score (nSPS) is 23.2. The minimum Gasteiger partial charge on any atom is -0.393 e. The van der Waals surface area contributed by atoms with Crippen LogP contribution in [0.4, 0.5) is 5.82 Å². The van der Waals surface area contributed by atoms with Crippen LogP contribution in [0.15, 0.2) is 18.3 Å². The molecule has 1 aliphatic rings. The zero-order chi connectivity index (χ0) is 15.2. The van der Waals surface area contributed by atoms with Gasteiger partial charge in [-0.25, -0.2) is 4.98 Å². The highest BCUT2D eigenvalue weighted by Gasteiger charge is 2.23. The second-order valence-electron chi connectivity index (χ2n) is 6.01. The summed E-state index contributed by atoms with van der Waals surface area (Å²) >= 11 is 0. The first-order valence-corrected chi connectivity index (χ1v) is 7.65. The molecule has 2 rings (SSSR count). The Morgan fingerprint density at radius 2 is 2.29 bits per heavy atom. The van der Waals surface area contributed by atoms with Crippen LogP contribution in [0.3, 0.4) is 0 Å². The van der Waals surface area contributed by atoms with Crippen molar-refractivity contribution in [2.75, 3.05) is 45.3 Å². The fourth-order valence-electron chi connectivity index (χ4n) is 2.70. The Morgan fingerprint density at radius 3 is 2.90 bits per heavy atom. The zero-order valence-corrected chi connectivity index (χ0v) is 13.3. The van der Waals surface area contributed by atoms with E-state index in [0.29, 0.717) is 12.5 Å². The number of anilines is 1. The molecule has 1 aromatic rings.